The Balaban J connectivity index is 2.09. The Kier molecular flexibility index (Phi) is 3.70. The quantitative estimate of drug-likeness (QED) is 0.801. The minimum atomic E-state index is -0.510. The fraction of sp³-hybridized carbons (Fsp3) is 0.467. The number of anilines is 1. The number of hydrogen-bond donors (Lipinski definition) is 2. The molecule has 2 rings (SSSR count). The molecule has 1 aromatic carbocycles. The summed E-state index contributed by atoms with van der Waals surface area (Å²) in [5, 5.41) is 2.82. The van der Waals surface area contributed by atoms with Gasteiger partial charge in [-0.25, -0.2) is 0 Å². The first-order valence-electron chi connectivity index (χ1n) is 6.75. The molecule has 1 unspecified atom stereocenters. The third-order valence-corrected chi connectivity index (χ3v) is 3.81. The molecule has 1 aliphatic rings. The molecule has 1 fully saturated rings. The van der Waals surface area contributed by atoms with E-state index >= 15 is 0 Å². The van der Waals surface area contributed by atoms with Crippen molar-refractivity contribution in [3.8, 4) is 0 Å². The van der Waals surface area contributed by atoms with Crippen molar-refractivity contribution in [2.24, 2.45) is 0 Å². The lowest BCUT2D eigenvalue weighted by atomic mass is 9.94. The van der Waals surface area contributed by atoms with Crippen LogP contribution in [0.4, 0.5) is 5.69 Å². The van der Waals surface area contributed by atoms with Gasteiger partial charge in [-0.1, -0.05) is 12.1 Å². The molecule has 0 saturated heterocycles. The summed E-state index contributed by atoms with van der Waals surface area (Å²) < 4.78 is 0. The van der Waals surface area contributed by atoms with Crippen molar-refractivity contribution >= 4 is 17.5 Å². The number of benzene rings is 1. The van der Waals surface area contributed by atoms with E-state index in [0.29, 0.717) is 5.69 Å². The molecule has 1 aromatic rings. The monoisotopic (exact) mass is 275 g/mol. The van der Waals surface area contributed by atoms with E-state index in [1.165, 1.54) is 4.90 Å². The van der Waals surface area contributed by atoms with Crippen LogP contribution in [0.5, 0.6) is 0 Å². The van der Waals surface area contributed by atoms with Crippen LogP contribution in [0.25, 0.3) is 0 Å². The predicted octanol–water partition coefficient (Wildman–Crippen LogP) is 0.893. The predicted molar refractivity (Wildman–Crippen MR) is 78.1 cm³/mol. The lowest BCUT2D eigenvalue weighted by Crippen LogP contribution is -2.47. The third-order valence-electron chi connectivity index (χ3n) is 3.81. The minimum Gasteiger partial charge on any atom is -0.399 e. The standard InChI is InChI=1S/C15H21N3O2/c1-10(13(19)18(2)3)17-14(20)15(8-9-15)11-4-6-12(16)7-5-11/h4-7,10H,8-9,16H2,1-3H3,(H,17,20). The van der Waals surface area contributed by atoms with E-state index in [1.807, 2.05) is 12.1 Å². The maximum Gasteiger partial charge on any atom is 0.244 e. The SMILES string of the molecule is CC(NC(=O)C1(c2ccc(N)cc2)CC1)C(=O)N(C)C. The zero-order valence-electron chi connectivity index (χ0n) is 12.1. The Morgan fingerprint density at radius 2 is 1.80 bits per heavy atom. The van der Waals surface area contributed by atoms with Crippen molar-refractivity contribution in [3.63, 3.8) is 0 Å². The Labute approximate surface area is 119 Å². The first-order chi connectivity index (χ1) is 9.36. The fourth-order valence-corrected chi connectivity index (χ4v) is 2.36. The number of nitrogens with one attached hydrogen (secondary N) is 1. The maximum absolute atomic E-state index is 12.4. The molecule has 0 aliphatic heterocycles. The average Bonchev–Trinajstić information content (AvgIpc) is 3.20. The van der Waals surface area contributed by atoms with Gasteiger partial charge in [-0.05, 0) is 37.5 Å². The van der Waals surface area contributed by atoms with Gasteiger partial charge in [0.15, 0.2) is 0 Å². The second-order valence-electron chi connectivity index (χ2n) is 5.63. The summed E-state index contributed by atoms with van der Waals surface area (Å²) in [6, 6.07) is 6.87. The highest BCUT2D eigenvalue weighted by Crippen LogP contribution is 2.48. The van der Waals surface area contributed by atoms with Crippen LogP contribution in [0.1, 0.15) is 25.3 Å². The number of nitrogens with zero attached hydrogens (tertiary/aromatic N) is 1. The molecule has 1 saturated carbocycles. The summed E-state index contributed by atoms with van der Waals surface area (Å²) >= 11 is 0. The van der Waals surface area contributed by atoms with Gasteiger partial charge >= 0.3 is 0 Å². The van der Waals surface area contributed by atoms with Gasteiger partial charge in [0.05, 0.1) is 5.41 Å². The maximum atomic E-state index is 12.4. The number of carbonyl (C=O) groups is 2. The van der Waals surface area contributed by atoms with Gasteiger partial charge in [-0.2, -0.15) is 0 Å². The lowest BCUT2D eigenvalue weighted by Gasteiger charge is -2.22. The Bertz CT molecular complexity index is 518. The smallest absolute Gasteiger partial charge is 0.244 e. The molecule has 0 aromatic heterocycles. The molecule has 20 heavy (non-hydrogen) atoms. The molecule has 108 valence electrons. The normalized spacial score (nSPS) is 17.1. The fourth-order valence-electron chi connectivity index (χ4n) is 2.36. The average molecular weight is 275 g/mol. The molecule has 0 spiro atoms. The molecule has 0 radical (unpaired) electrons. The van der Waals surface area contributed by atoms with Gasteiger partial charge in [0.25, 0.3) is 0 Å². The highest BCUT2D eigenvalue weighted by Gasteiger charge is 2.51. The second-order valence-corrected chi connectivity index (χ2v) is 5.63. The van der Waals surface area contributed by atoms with Crippen LogP contribution in [0.15, 0.2) is 24.3 Å². The zero-order chi connectivity index (χ0) is 14.9. The largest absolute Gasteiger partial charge is 0.399 e. The van der Waals surface area contributed by atoms with Gasteiger partial charge in [-0.3, -0.25) is 9.59 Å². The van der Waals surface area contributed by atoms with E-state index in [0.717, 1.165) is 18.4 Å². The molecule has 1 atom stereocenters. The van der Waals surface area contributed by atoms with Crippen molar-refractivity contribution in [2.45, 2.75) is 31.2 Å². The second kappa shape index (κ2) is 5.15. The van der Waals surface area contributed by atoms with Gasteiger partial charge in [0, 0.05) is 19.8 Å². The molecule has 5 nitrogen and oxygen atoms in total. The number of likely N-dealkylation sites (N-methyl/N-ethyl adjacent to an activating group) is 1. The van der Waals surface area contributed by atoms with Crippen LogP contribution in [0, 0.1) is 0 Å². The van der Waals surface area contributed by atoms with Gasteiger partial charge < -0.3 is 16.0 Å². The van der Waals surface area contributed by atoms with Crippen LogP contribution >= 0.6 is 0 Å². The number of nitrogen functional groups attached to an aromatic ring is 1. The summed E-state index contributed by atoms with van der Waals surface area (Å²) in [6.07, 6.45) is 1.62. The Morgan fingerprint density at radius 3 is 2.25 bits per heavy atom. The van der Waals surface area contributed by atoms with E-state index in [1.54, 1.807) is 33.2 Å². The number of amides is 2. The molecule has 2 amide bonds. The van der Waals surface area contributed by atoms with Crippen LogP contribution in [0.2, 0.25) is 0 Å². The van der Waals surface area contributed by atoms with Crippen LogP contribution in [-0.2, 0) is 15.0 Å². The molecule has 1 aliphatic carbocycles. The molecular formula is C15H21N3O2. The zero-order valence-corrected chi connectivity index (χ0v) is 12.1. The first-order valence-corrected chi connectivity index (χ1v) is 6.75. The van der Waals surface area contributed by atoms with Crippen LogP contribution in [0.3, 0.4) is 0 Å². The van der Waals surface area contributed by atoms with Crippen molar-refractivity contribution < 1.29 is 9.59 Å². The molecule has 3 N–H and O–H groups in total. The van der Waals surface area contributed by atoms with E-state index in [2.05, 4.69) is 5.32 Å². The molecule has 5 heteroatoms. The van der Waals surface area contributed by atoms with Gasteiger partial charge in [0.1, 0.15) is 6.04 Å². The summed E-state index contributed by atoms with van der Waals surface area (Å²) in [6.45, 7) is 1.71. The van der Waals surface area contributed by atoms with E-state index < -0.39 is 11.5 Å². The topological polar surface area (TPSA) is 75.4 Å². The summed E-state index contributed by atoms with van der Waals surface area (Å²) in [4.78, 5) is 25.7. The van der Waals surface area contributed by atoms with Gasteiger partial charge in [-0.15, -0.1) is 0 Å². The van der Waals surface area contributed by atoms with Crippen molar-refractivity contribution in [1.82, 2.24) is 10.2 Å². The van der Waals surface area contributed by atoms with Crippen LogP contribution < -0.4 is 11.1 Å². The molecule has 0 bridgehead atoms. The summed E-state index contributed by atoms with van der Waals surface area (Å²) in [5.41, 5.74) is 6.84. The number of nitrogens with two attached hydrogens (primary N) is 1. The molecule has 0 heterocycles. The van der Waals surface area contributed by atoms with E-state index in [-0.39, 0.29) is 11.8 Å². The highest BCUT2D eigenvalue weighted by atomic mass is 16.2. The van der Waals surface area contributed by atoms with Crippen LogP contribution in [-0.4, -0.2) is 36.9 Å². The van der Waals surface area contributed by atoms with Crippen molar-refractivity contribution in [2.75, 3.05) is 19.8 Å². The number of carbonyl (C=O) groups excluding carboxylic acids is 2. The van der Waals surface area contributed by atoms with E-state index in [4.69, 9.17) is 5.73 Å². The lowest BCUT2D eigenvalue weighted by molar-refractivity contribution is -0.134. The number of hydrogen-bond acceptors (Lipinski definition) is 3. The Morgan fingerprint density at radius 1 is 1.25 bits per heavy atom. The first kappa shape index (κ1) is 14.4. The van der Waals surface area contributed by atoms with Crippen molar-refractivity contribution in [1.29, 1.82) is 0 Å². The summed E-state index contributed by atoms with van der Waals surface area (Å²) in [7, 11) is 3.36. The minimum absolute atomic E-state index is 0.0787. The third kappa shape index (κ3) is 2.61. The number of rotatable bonds is 4. The summed E-state index contributed by atoms with van der Waals surface area (Å²) in [5.74, 6) is -0.184. The molecular weight excluding hydrogens is 254 g/mol. The highest BCUT2D eigenvalue weighted by molar-refractivity contribution is 5.95. The van der Waals surface area contributed by atoms with E-state index in [9.17, 15) is 9.59 Å². The van der Waals surface area contributed by atoms with Crippen molar-refractivity contribution in [3.05, 3.63) is 29.8 Å². The Hall–Kier alpha value is -2.04. The van der Waals surface area contributed by atoms with Gasteiger partial charge in [0.2, 0.25) is 11.8 Å².